The van der Waals surface area contributed by atoms with Crippen LogP contribution in [0.5, 0.6) is 0 Å². The lowest BCUT2D eigenvalue weighted by atomic mass is 9.89. The van der Waals surface area contributed by atoms with E-state index >= 15 is 0 Å². The van der Waals surface area contributed by atoms with Gasteiger partial charge in [-0.3, -0.25) is 0 Å². The maximum Gasteiger partial charge on any atom is 0.168 e. The molecule has 1 aromatic heterocycles. The Morgan fingerprint density at radius 1 is 0.692 bits per heavy atom. The van der Waals surface area contributed by atoms with E-state index in [-0.39, 0.29) is 0 Å². The van der Waals surface area contributed by atoms with Gasteiger partial charge in [0.25, 0.3) is 0 Å². The van der Waals surface area contributed by atoms with E-state index in [0.717, 1.165) is 18.0 Å². The van der Waals surface area contributed by atoms with Gasteiger partial charge in [0.1, 0.15) is 5.69 Å². The Labute approximate surface area is 162 Å². The molecule has 0 aromatic carbocycles. The van der Waals surface area contributed by atoms with Crippen LogP contribution in [0, 0.1) is 5.92 Å². The Morgan fingerprint density at radius 3 is 1.69 bits per heavy atom. The summed E-state index contributed by atoms with van der Waals surface area (Å²) in [6, 6.07) is 0. The number of unbranched alkanes of at least 4 members (excludes halogenated alkanes) is 10. The van der Waals surface area contributed by atoms with E-state index in [4.69, 9.17) is 5.73 Å². The average molecular weight is 365 g/mol. The first-order valence-electron chi connectivity index (χ1n) is 11.4. The average Bonchev–Trinajstić information content (AvgIpc) is 3.05. The second-order valence-corrected chi connectivity index (χ2v) is 8.03. The standard InChI is InChI=1S/C22H44N4/c1-3-5-7-9-11-13-16-20(17-14-12-10-8-6-4-2)18-15-19-21-22(23)25-26-24-21/h20H,3-19H2,1-2H3,(H3,23,24,25,26). The number of aromatic amines is 1. The molecule has 0 aliphatic rings. The molecular formula is C22H44N4. The zero-order valence-corrected chi connectivity index (χ0v) is 17.6. The van der Waals surface area contributed by atoms with Crippen LogP contribution in [0.2, 0.25) is 0 Å². The van der Waals surface area contributed by atoms with E-state index in [1.165, 1.54) is 103 Å². The first kappa shape index (κ1) is 23.0. The summed E-state index contributed by atoms with van der Waals surface area (Å²) in [6.07, 6.45) is 23.1. The van der Waals surface area contributed by atoms with Gasteiger partial charge < -0.3 is 5.73 Å². The van der Waals surface area contributed by atoms with Crippen LogP contribution in [0.1, 0.15) is 122 Å². The first-order chi connectivity index (χ1) is 12.8. The molecule has 152 valence electrons. The van der Waals surface area contributed by atoms with Crippen LogP contribution >= 0.6 is 0 Å². The van der Waals surface area contributed by atoms with Gasteiger partial charge in [-0.2, -0.15) is 10.3 Å². The Balaban J connectivity index is 2.21. The number of nitrogens with one attached hydrogen (secondary N) is 1. The van der Waals surface area contributed by atoms with Gasteiger partial charge in [-0.05, 0) is 18.8 Å². The van der Waals surface area contributed by atoms with Gasteiger partial charge in [0, 0.05) is 0 Å². The smallest absolute Gasteiger partial charge is 0.168 e. The lowest BCUT2D eigenvalue weighted by Gasteiger charge is -2.17. The number of nitrogens with two attached hydrogens (primary N) is 1. The third-order valence-electron chi connectivity index (χ3n) is 5.61. The van der Waals surface area contributed by atoms with Crippen LogP contribution in [0.15, 0.2) is 0 Å². The summed E-state index contributed by atoms with van der Waals surface area (Å²) in [4.78, 5) is 0. The van der Waals surface area contributed by atoms with Gasteiger partial charge >= 0.3 is 0 Å². The van der Waals surface area contributed by atoms with Gasteiger partial charge in [0.2, 0.25) is 0 Å². The van der Waals surface area contributed by atoms with Crippen LogP contribution in [0.25, 0.3) is 0 Å². The second kappa shape index (κ2) is 16.1. The monoisotopic (exact) mass is 364 g/mol. The highest BCUT2D eigenvalue weighted by molar-refractivity contribution is 5.31. The van der Waals surface area contributed by atoms with E-state index in [0.29, 0.717) is 5.82 Å². The van der Waals surface area contributed by atoms with E-state index in [1.54, 1.807) is 0 Å². The molecule has 4 nitrogen and oxygen atoms in total. The molecule has 0 amide bonds. The number of hydrogen-bond donors (Lipinski definition) is 2. The molecule has 0 fully saturated rings. The second-order valence-electron chi connectivity index (χ2n) is 8.03. The topological polar surface area (TPSA) is 67.6 Å². The Hall–Kier alpha value is -1.06. The number of aryl methyl sites for hydroxylation is 1. The van der Waals surface area contributed by atoms with Crippen LogP contribution in [0.4, 0.5) is 5.82 Å². The molecule has 4 heteroatoms. The van der Waals surface area contributed by atoms with Gasteiger partial charge in [-0.25, -0.2) is 0 Å². The van der Waals surface area contributed by atoms with Crippen molar-refractivity contribution >= 4 is 5.82 Å². The fourth-order valence-electron chi connectivity index (χ4n) is 3.86. The van der Waals surface area contributed by atoms with Crippen molar-refractivity contribution in [2.75, 3.05) is 5.73 Å². The fraction of sp³-hybridized carbons (Fsp3) is 0.909. The minimum absolute atomic E-state index is 0.577. The predicted molar refractivity (Wildman–Crippen MR) is 113 cm³/mol. The van der Waals surface area contributed by atoms with Gasteiger partial charge in [-0.15, -0.1) is 5.10 Å². The molecule has 3 N–H and O–H groups in total. The normalized spacial score (nSPS) is 11.5. The molecule has 1 heterocycles. The van der Waals surface area contributed by atoms with E-state index < -0.39 is 0 Å². The number of rotatable bonds is 18. The molecule has 0 saturated heterocycles. The SMILES string of the molecule is CCCCCCCCC(CCCCCCCC)CCCc1n[nH]nc1N. The largest absolute Gasteiger partial charge is 0.381 e. The molecule has 1 aromatic rings. The maximum absolute atomic E-state index is 5.83. The summed E-state index contributed by atoms with van der Waals surface area (Å²) < 4.78 is 0. The van der Waals surface area contributed by atoms with Crippen molar-refractivity contribution in [2.45, 2.75) is 123 Å². The third-order valence-corrected chi connectivity index (χ3v) is 5.61. The third kappa shape index (κ3) is 11.5. The van der Waals surface area contributed by atoms with E-state index in [1.807, 2.05) is 0 Å². The summed E-state index contributed by atoms with van der Waals surface area (Å²) in [6.45, 7) is 4.58. The number of H-pyrrole nitrogens is 1. The van der Waals surface area contributed by atoms with Crippen molar-refractivity contribution in [1.29, 1.82) is 0 Å². The summed E-state index contributed by atoms with van der Waals surface area (Å²) >= 11 is 0. The molecule has 0 radical (unpaired) electrons. The van der Waals surface area contributed by atoms with Crippen LogP contribution in [0.3, 0.4) is 0 Å². The highest BCUT2D eigenvalue weighted by Crippen LogP contribution is 2.24. The number of anilines is 1. The highest BCUT2D eigenvalue weighted by Gasteiger charge is 2.10. The maximum atomic E-state index is 5.83. The highest BCUT2D eigenvalue weighted by atomic mass is 15.3. The quantitative estimate of drug-likeness (QED) is 0.281. The number of nitrogen functional groups attached to an aromatic ring is 1. The number of hydrogen-bond acceptors (Lipinski definition) is 3. The predicted octanol–water partition coefficient (Wildman–Crippen LogP) is 6.83. The molecule has 0 aliphatic heterocycles. The molecule has 0 saturated carbocycles. The molecule has 0 atom stereocenters. The van der Waals surface area contributed by atoms with E-state index in [9.17, 15) is 0 Å². The Kier molecular flexibility index (Phi) is 14.3. The van der Waals surface area contributed by atoms with E-state index in [2.05, 4.69) is 29.3 Å². The minimum atomic E-state index is 0.577. The zero-order chi connectivity index (χ0) is 18.9. The first-order valence-corrected chi connectivity index (χ1v) is 11.4. The van der Waals surface area contributed by atoms with Crippen molar-refractivity contribution in [3.63, 3.8) is 0 Å². The van der Waals surface area contributed by atoms with Crippen molar-refractivity contribution < 1.29 is 0 Å². The zero-order valence-electron chi connectivity index (χ0n) is 17.6. The van der Waals surface area contributed by atoms with Crippen LogP contribution < -0.4 is 5.73 Å². The molecule has 0 bridgehead atoms. The number of nitrogens with zero attached hydrogens (tertiary/aromatic N) is 2. The lowest BCUT2D eigenvalue weighted by molar-refractivity contribution is 0.372. The fourth-order valence-corrected chi connectivity index (χ4v) is 3.86. The van der Waals surface area contributed by atoms with Gasteiger partial charge in [-0.1, -0.05) is 110 Å². The van der Waals surface area contributed by atoms with Crippen molar-refractivity contribution in [3.05, 3.63) is 5.69 Å². The van der Waals surface area contributed by atoms with Crippen LogP contribution in [-0.2, 0) is 6.42 Å². The summed E-state index contributed by atoms with van der Waals surface area (Å²) in [7, 11) is 0. The lowest BCUT2D eigenvalue weighted by Crippen LogP contribution is -2.03. The molecule has 0 unspecified atom stereocenters. The Bertz CT molecular complexity index is 400. The van der Waals surface area contributed by atoms with Gasteiger partial charge in [0.05, 0.1) is 0 Å². The summed E-state index contributed by atoms with van der Waals surface area (Å²) in [5.41, 5.74) is 6.78. The molecule has 0 aliphatic carbocycles. The molecule has 1 rings (SSSR count). The molecular weight excluding hydrogens is 320 g/mol. The summed E-state index contributed by atoms with van der Waals surface area (Å²) in [5.74, 6) is 1.47. The minimum Gasteiger partial charge on any atom is -0.381 e. The number of aromatic nitrogens is 3. The van der Waals surface area contributed by atoms with Crippen molar-refractivity contribution in [3.8, 4) is 0 Å². The van der Waals surface area contributed by atoms with Gasteiger partial charge in [0.15, 0.2) is 5.82 Å². The molecule has 0 spiro atoms. The van der Waals surface area contributed by atoms with Crippen molar-refractivity contribution in [2.24, 2.45) is 5.92 Å². The Morgan fingerprint density at radius 2 is 1.19 bits per heavy atom. The van der Waals surface area contributed by atoms with Crippen LogP contribution in [-0.4, -0.2) is 15.4 Å². The van der Waals surface area contributed by atoms with Crippen molar-refractivity contribution in [1.82, 2.24) is 15.4 Å². The molecule has 26 heavy (non-hydrogen) atoms. The summed E-state index contributed by atoms with van der Waals surface area (Å²) in [5, 5.41) is 10.7.